The predicted molar refractivity (Wildman–Crippen MR) is 85.3 cm³/mol. The molecule has 0 aliphatic heterocycles. The van der Waals surface area contributed by atoms with Gasteiger partial charge in [0.25, 0.3) is 0 Å². The second-order valence-corrected chi connectivity index (χ2v) is 5.92. The van der Waals surface area contributed by atoms with Gasteiger partial charge >= 0.3 is 0 Å². The SMILES string of the molecule is Cc1cc(Cl)ccc1NCc1csc2ccccc12. The first-order valence-corrected chi connectivity index (χ1v) is 7.45. The molecule has 0 aliphatic carbocycles. The van der Waals surface area contributed by atoms with Gasteiger partial charge in [-0.1, -0.05) is 29.8 Å². The van der Waals surface area contributed by atoms with Crippen LogP contribution < -0.4 is 5.32 Å². The zero-order valence-corrected chi connectivity index (χ0v) is 12.2. The van der Waals surface area contributed by atoms with Crippen LogP contribution in [0.2, 0.25) is 5.02 Å². The van der Waals surface area contributed by atoms with E-state index in [4.69, 9.17) is 11.6 Å². The summed E-state index contributed by atoms with van der Waals surface area (Å²) in [6, 6.07) is 14.4. The molecule has 3 heteroatoms. The predicted octanol–water partition coefficient (Wildman–Crippen LogP) is 5.48. The van der Waals surface area contributed by atoms with Gasteiger partial charge in [-0.25, -0.2) is 0 Å². The lowest BCUT2D eigenvalue weighted by molar-refractivity contribution is 1.17. The van der Waals surface area contributed by atoms with Crippen molar-refractivity contribution in [2.75, 3.05) is 5.32 Å². The molecule has 0 aliphatic rings. The highest BCUT2D eigenvalue weighted by Crippen LogP contribution is 2.27. The van der Waals surface area contributed by atoms with Crippen LogP contribution in [0, 0.1) is 6.92 Å². The second-order valence-electron chi connectivity index (χ2n) is 4.57. The zero-order valence-electron chi connectivity index (χ0n) is 10.6. The number of aryl methyl sites for hydroxylation is 1. The van der Waals surface area contributed by atoms with E-state index in [0.29, 0.717) is 0 Å². The fraction of sp³-hybridized carbons (Fsp3) is 0.125. The molecule has 19 heavy (non-hydrogen) atoms. The molecule has 1 aromatic heterocycles. The van der Waals surface area contributed by atoms with E-state index < -0.39 is 0 Å². The molecule has 0 radical (unpaired) electrons. The first kappa shape index (κ1) is 12.5. The summed E-state index contributed by atoms with van der Waals surface area (Å²) >= 11 is 7.76. The summed E-state index contributed by atoms with van der Waals surface area (Å²) < 4.78 is 1.34. The molecular formula is C16H14ClNS. The average molecular weight is 288 g/mol. The fourth-order valence-electron chi connectivity index (χ4n) is 2.19. The van der Waals surface area contributed by atoms with Gasteiger partial charge in [0.2, 0.25) is 0 Å². The fourth-order valence-corrected chi connectivity index (χ4v) is 3.37. The number of thiophene rings is 1. The van der Waals surface area contributed by atoms with Gasteiger partial charge in [-0.05, 0) is 53.1 Å². The summed E-state index contributed by atoms with van der Waals surface area (Å²) in [5.74, 6) is 0. The Kier molecular flexibility index (Phi) is 3.45. The summed E-state index contributed by atoms with van der Waals surface area (Å²) in [4.78, 5) is 0. The van der Waals surface area contributed by atoms with Crippen molar-refractivity contribution in [2.45, 2.75) is 13.5 Å². The Balaban J connectivity index is 1.82. The smallest absolute Gasteiger partial charge is 0.0415 e. The minimum atomic E-state index is 0.782. The molecule has 0 atom stereocenters. The highest BCUT2D eigenvalue weighted by atomic mass is 35.5. The van der Waals surface area contributed by atoms with Crippen molar-refractivity contribution in [3.05, 3.63) is 64.0 Å². The van der Waals surface area contributed by atoms with Gasteiger partial charge in [-0.3, -0.25) is 0 Å². The van der Waals surface area contributed by atoms with Gasteiger partial charge < -0.3 is 5.32 Å². The monoisotopic (exact) mass is 287 g/mol. The first-order chi connectivity index (χ1) is 9.24. The van der Waals surface area contributed by atoms with Crippen LogP contribution in [0.4, 0.5) is 5.69 Å². The van der Waals surface area contributed by atoms with Crippen molar-refractivity contribution in [2.24, 2.45) is 0 Å². The number of halogens is 1. The molecule has 1 nitrogen and oxygen atoms in total. The number of benzene rings is 2. The minimum Gasteiger partial charge on any atom is -0.381 e. The van der Waals surface area contributed by atoms with Crippen molar-refractivity contribution in [3.63, 3.8) is 0 Å². The molecule has 0 unspecified atom stereocenters. The average Bonchev–Trinajstić information content (AvgIpc) is 2.81. The molecule has 1 N–H and O–H groups in total. The maximum atomic E-state index is 5.97. The van der Waals surface area contributed by atoms with Gasteiger partial charge in [0.05, 0.1) is 0 Å². The van der Waals surface area contributed by atoms with Gasteiger partial charge in [-0.15, -0.1) is 11.3 Å². The van der Waals surface area contributed by atoms with Crippen LogP contribution in [0.15, 0.2) is 47.8 Å². The van der Waals surface area contributed by atoms with E-state index in [0.717, 1.165) is 17.3 Å². The Bertz CT molecular complexity index is 718. The van der Waals surface area contributed by atoms with Crippen LogP contribution in [0.5, 0.6) is 0 Å². The summed E-state index contributed by atoms with van der Waals surface area (Å²) in [6.45, 7) is 2.91. The highest BCUT2D eigenvalue weighted by Gasteiger charge is 2.04. The lowest BCUT2D eigenvalue weighted by atomic mass is 10.1. The van der Waals surface area contributed by atoms with E-state index >= 15 is 0 Å². The van der Waals surface area contributed by atoms with E-state index in [1.807, 2.05) is 18.2 Å². The summed E-state index contributed by atoms with van der Waals surface area (Å²) in [7, 11) is 0. The topological polar surface area (TPSA) is 12.0 Å². The van der Waals surface area contributed by atoms with Gasteiger partial charge in [0.1, 0.15) is 0 Å². The molecule has 0 saturated heterocycles. The third-order valence-corrected chi connectivity index (χ3v) is 4.47. The Morgan fingerprint density at radius 1 is 1.16 bits per heavy atom. The molecule has 2 aromatic carbocycles. The molecule has 0 amide bonds. The number of hydrogen-bond donors (Lipinski definition) is 1. The van der Waals surface area contributed by atoms with Crippen molar-refractivity contribution in [1.29, 1.82) is 0 Å². The maximum Gasteiger partial charge on any atom is 0.0415 e. The third-order valence-electron chi connectivity index (χ3n) is 3.22. The normalized spacial score (nSPS) is 10.8. The van der Waals surface area contributed by atoms with Crippen LogP contribution in [0.1, 0.15) is 11.1 Å². The van der Waals surface area contributed by atoms with Crippen molar-refractivity contribution >= 4 is 38.7 Å². The lowest BCUT2D eigenvalue weighted by Gasteiger charge is -2.09. The van der Waals surface area contributed by atoms with Crippen molar-refractivity contribution < 1.29 is 0 Å². The Labute approximate surface area is 121 Å². The maximum absolute atomic E-state index is 5.97. The minimum absolute atomic E-state index is 0.782. The molecular weight excluding hydrogens is 274 g/mol. The number of rotatable bonds is 3. The largest absolute Gasteiger partial charge is 0.381 e. The van der Waals surface area contributed by atoms with Crippen molar-refractivity contribution in [1.82, 2.24) is 0 Å². The van der Waals surface area contributed by atoms with Crippen LogP contribution in [0.25, 0.3) is 10.1 Å². The van der Waals surface area contributed by atoms with E-state index in [9.17, 15) is 0 Å². The van der Waals surface area contributed by atoms with Gasteiger partial charge in [-0.2, -0.15) is 0 Å². The van der Waals surface area contributed by atoms with E-state index in [-0.39, 0.29) is 0 Å². The van der Waals surface area contributed by atoms with Crippen LogP contribution in [-0.4, -0.2) is 0 Å². The van der Waals surface area contributed by atoms with Crippen LogP contribution >= 0.6 is 22.9 Å². The van der Waals surface area contributed by atoms with Gasteiger partial charge in [0.15, 0.2) is 0 Å². The number of anilines is 1. The summed E-state index contributed by atoms with van der Waals surface area (Å²) in [5.41, 5.74) is 3.65. The van der Waals surface area contributed by atoms with E-state index in [2.05, 4.69) is 41.9 Å². The van der Waals surface area contributed by atoms with Gasteiger partial charge in [0, 0.05) is 22.0 Å². The Hall–Kier alpha value is -1.51. The first-order valence-electron chi connectivity index (χ1n) is 6.19. The van der Waals surface area contributed by atoms with Crippen molar-refractivity contribution in [3.8, 4) is 0 Å². The summed E-state index contributed by atoms with van der Waals surface area (Å²) in [5, 5.41) is 7.83. The number of hydrogen-bond acceptors (Lipinski definition) is 2. The Morgan fingerprint density at radius 3 is 2.84 bits per heavy atom. The molecule has 3 aromatic rings. The molecule has 0 fully saturated rings. The van der Waals surface area contributed by atoms with E-state index in [1.165, 1.54) is 21.2 Å². The highest BCUT2D eigenvalue weighted by molar-refractivity contribution is 7.17. The standard InChI is InChI=1S/C16H14ClNS/c1-11-8-13(17)6-7-15(11)18-9-12-10-19-16-5-3-2-4-14(12)16/h2-8,10,18H,9H2,1H3. The molecule has 0 bridgehead atoms. The molecule has 0 spiro atoms. The number of fused-ring (bicyclic) bond motifs is 1. The van der Waals surface area contributed by atoms with Crippen LogP contribution in [0.3, 0.4) is 0 Å². The molecule has 3 rings (SSSR count). The lowest BCUT2D eigenvalue weighted by Crippen LogP contribution is -2.00. The zero-order chi connectivity index (χ0) is 13.2. The summed E-state index contributed by atoms with van der Waals surface area (Å²) in [6.07, 6.45) is 0. The quantitative estimate of drug-likeness (QED) is 0.673. The molecule has 0 saturated carbocycles. The van der Waals surface area contributed by atoms with E-state index in [1.54, 1.807) is 11.3 Å². The molecule has 1 heterocycles. The third kappa shape index (κ3) is 2.60. The van der Waals surface area contributed by atoms with Crippen LogP contribution in [-0.2, 0) is 6.54 Å². The second kappa shape index (κ2) is 5.24. The number of nitrogens with one attached hydrogen (secondary N) is 1. The Morgan fingerprint density at radius 2 is 2.00 bits per heavy atom. The molecule has 96 valence electrons.